The van der Waals surface area contributed by atoms with Crippen LogP contribution in [0, 0.1) is 6.92 Å². The van der Waals surface area contributed by atoms with E-state index in [2.05, 4.69) is 20.1 Å². The molecule has 5 rings (SSSR count). The molecule has 150 valence electrons. The van der Waals surface area contributed by atoms with E-state index in [-0.39, 0.29) is 5.56 Å². The second-order valence-electron chi connectivity index (χ2n) is 7.01. The van der Waals surface area contributed by atoms with Gasteiger partial charge in [-0.05, 0) is 37.3 Å². The normalized spacial score (nSPS) is 11.0. The number of nitrogens with zero attached hydrogens (tertiary/aromatic N) is 6. The van der Waals surface area contributed by atoms with E-state index in [1.807, 2.05) is 49.4 Å². The molecule has 3 aromatic heterocycles. The number of hydrogen-bond donors (Lipinski definition) is 1. The average Bonchev–Trinajstić information content (AvgIpc) is 3.25. The van der Waals surface area contributed by atoms with Crippen molar-refractivity contribution in [2.24, 2.45) is 0 Å². The van der Waals surface area contributed by atoms with Crippen molar-refractivity contribution in [2.75, 3.05) is 0 Å². The summed E-state index contributed by atoms with van der Waals surface area (Å²) in [5, 5.41) is 13.8. The highest BCUT2D eigenvalue weighted by Crippen LogP contribution is 2.26. The number of benzene rings is 2. The average molecular weight is 408 g/mol. The molecule has 0 fully saturated rings. The number of fused-ring (bicyclic) bond motifs is 1. The highest BCUT2D eigenvalue weighted by atomic mass is 16.4. The fourth-order valence-electron chi connectivity index (χ4n) is 3.22. The van der Waals surface area contributed by atoms with Crippen LogP contribution < -0.4 is 0 Å². The molecule has 8 nitrogen and oxygen atoms in total. The summed E-state index contributed by atoms with van der Waals surface area (Å²) in [5.41, 5.74) is 4.42. The zero-order chi connectivity index (χ0) is 21.4. The number of pyridine rings is 1. The second-order valence-corrected chi connectivity index (χ2v) is 7.01. The van der Waals surface area contributed by atoms with E-state index in [0.717, 1.165) is 27.7 Å². The summed E-state index contributed by atoms with van der Waals surface area (Å²) in [4.78, 5) is 28.9. The maximum Gasteiger partial charge on any atom is 0.337 e. The Labute approximate surface area is 176 Å². The zero-order valence-electron chi connectivity index (χ0n) is 16.5. The van der Waals surface area contributed by atoms with Gasteiger partial charge >= 0.3 is 5.97 Å². The number of carboxylic acids is 1. The predicted octanol–water partition coefficient (Wildman–Crippen LogP) is 3.95. The van der Waals surface area contributed by atoms with Gasteiger partial charge in [-0.3, -0.25) is 9.97 Å². The number of carbonyl (C=O) groups is 1. The van der Waals surface area contributed by atoms with Crippen molar-refractivity contribution in [1.29, 1.82) is 0 Å². The molecule has 0 saturated carbocycles. The lowest BCUT2D eigenvalue weighted by Gasteiger charge is -2.06. The summed E-state index contributed by atoms with van der Waals surface area (Å²) in [6, 6.07) is 16.7. The summed E-state index contributed by atoms with van der Waals surface area (Å²) >= 11 is 0. The number of aryl methyl sites for hydroxylation is 1. The van der Waals surface area contributed by atoms with Gasteiger partial charge in [0, 0.05) is 29.7 Å². The first-order valence-corrected chi connectivity index (χ1v) is 9.53. The van der Waals surface area contributed by atoms with Crippen molar-refractivity contribution in [1.82, 2.24) is 29.7 Å². The Kier molecular flexibility index (Phi) is 4.44. The van der Waals surface area contributed by atoms with E-state index < -0.39 is 5.97 Å². The van der Waals surface area contributed by atoms with Crippen molar-refractivity contribution in [3.05, 3.63) is 84.3 Å². The van der Waals surface area contributed by atoms with Gasteiger partial charge in [0.05, 0.1) is 16.6 Å². The Morgan fingerprint density at radius 2 is 1.61 bits per heavy atom. The minimum Gasteiger partial charge on any atom is -0.478 e. The largest absolute Gasteiger partial charge is 0.478 e. The first-order valence-electron chi connectivity index (χ1n) is 9.53. The third-order valence-corrected chi connectivity index (χ3v) is 4.86. The standard InChI is InChI=1S/C23H16N6O2/c1-14-2-4-15(5-3-14)21-27-22(16-6-8-18-19(12-16)25-11-10-24-18)29(28-21)20-9-7-17(13-26-20)23(30)31/h2-13H,1H3,(H,30,31). The van der Waals surface area contributed by atoms with Crippen LogP contribution in [0.3, 0.4) is 0 Å². The van der Waals surface area contributed by atoms with Crippen molar-refractivity contribution in [2.45, 2.75) is 6.92 Å². The van der Waals surface area contributed by atoms with E-state index in [1.165, 1.54) is 12.3 Å². The van der Waals surface area contributed by atoms with E-state index in [9.17, 15) is 4.79 Å². The molecule has 0 amide bonds. The minimum absolute atomic E-state index is 0.102. The van der Waals surface area contributed by atoms with Gasteiger partial charge < -0.3 is 5.11 Å². The van der Waals surface area contributed by atoms with Crippen molar-refractivity contribution >= 4 is 17.0 Å². The molecule has 2 aromatic carbocycles. The van der Waals surface area contributed by atoms with Crippen molar-refractivity contribution < 1.29 is 9.90 Å². The molecule has 5 aromatic rings. The fraction of sp³-hybridized carbons (Fsp3) is 0.0435. The van der Waals surface area contributed by atoms with Crippen LogP contribution in [0.5, 0.6) is 0 Å². The molecule has 0 spiro atoms. The van der Waals surface area contributed by atoms with Gasteiger partial charge in [-0.15, -0.1) is 5.10 Å². The van der Waals surface area contributed by atoms with E-state index >= 15 is 0 Å². The summed E-state index contributed by atoms with van der Waals surface area (Å²) in [7, 11) is 0. The third-order valence-electron chi connectivity index (χ3n) is 4.86. The Morgan fingerprint density at radius 3 is 2.32 bits per heavy atom. The maximum absolute atomic E-state index is 11.2. The van der Waals surface area contributed by atoms with Gasteiger partial charge in [0.25, 0.3) is 0 Å². The van der Waals surface area contributed by atoms with Gasteiger partial charge in [0.2, 0.25) is 0 Å². The molecule has 0 radical (unpaired) electrons. The van der Waals surface area contributed by atoms with Gasteiger partial charge in [0.15, 0.2) is 17.5 Å². The lowest BCUT2D eigenvalue weighted by molar-refractivity contribution is 0.0696. The molecule has 1 N–H and O–H groups in total. The van der Waals surface area contributed by atoms with E-state index in [1.54, 1.807) is 23.1 Å². The lowest BCUT2D eigenvalue weighted by Crippen LogP contribution is -2.04. The van der Waals surface area contributed by atoms with Crippen LogP contribution in [-0.2, 0) is 0 Å². The molecular formula is C23H16N6O2. The molecule has 0 atom stereocenters. The highest BCUT2D eigenvalue weighted by molar-refractivity contribution is 5.87. The summed E-state index contributed by atoms with van der Waals surface area (Å²) in [5.74, 6) is 0.536. The second kappa shape index (κ2) is 7.42. The Hall–Kier alpha value is -4.46. The van der Waals surface area contributed by atoms with Gasteiger partial charge in [-0.25, -0.2) is 14.8 Å². The summed E-state index contributed by atoms with van der Waals surface area (Å²) in [6.07, 6.45) is 4.59. The zero-order valence-corrected chi connectivity index (χ0v) is 16.5. The fourth-order valence-corrected chi connectivity index (χ4v) is 3.22. The van der Waals surface area contributed by atoms with Crippen LogP contribution in [0.25, 0.3) is 39.6 Å². The molecule has 31 heavy (non-hydrogen) atoms. The van der Waals surface area contributed by atoms with Gasteiger partial charge in [-0.2, -0.15) is 4.68 Å². The van der Waals surface area contributed by atoms with Gasteiger partial charge in [0.1, 0.15) is 0 Å². The Bertz CT molecular complexity index is 1410. The Morgan fingerprint density at radius 1 is 0.871 bits per heavy atom. The van der Waals surface area contributed by atoms with Crippen LogP contribution in [-0.4, -0.2) is 40.8 Å². The highest BCUT2D eigenvalue weighted by Gasteiger charge is 2.17. The molecule has 0 aliphatic carbocycles. The van der Waals surface area contributed by atoms with Crippen LogP contribution in [0.4, 0.5) is 0 Å². The SMILES string of the molecule is Cc1ccc(-c2nc(-c3ccc4nccnc4c3)n(-c3ccc(C(=O)O)cn3)n2)cc1. The molecule has 0 bridgehead atoms. The summed E-state index contributed by atoms with van der Waals surface area (Å²) in [6.45, 7) is 2.02. The number of hydrogen-bond acceptors (Lipinski definition) is 6. The topological polar surface area (TPSA) is 107 Å². The number of carboxylic acid groups (broad SMARTS) is 1. The Balaban J connectivity index is 1.68. The molecule has 0 aliphatic rings. The number of rotatable bonds is 4. The molecule has 3 heterocycles. The first-order chi connectivity index (χ1) is 15.1. The molecule has 0 unspecified atom stereocenters. The van der Waals surface area contributed by atoms with Crippen molar-refractivity contribution in [3.63, 3.8) is 0 Å². The predicted molar refractivity (Wildman–Crippen MR) is 115 cm³/mol. The van der Waals surface area contributed by atoms with Crippen LogP contribution >= 0.6 is 0 Å². The minimum atomic E-state index is -1.04. The van der Waals surface area contributed by atoms with Gasteiger partial charge in [-0.1, -0.05) is 29.8 Å². The molecule has 0 aliphatic heterocycles. The smallest absolute Gasteiger partial charge is 0.337 e. The molecular weight excluding hydrogens is 392 g/mol. The molecule has 0 saturated heterocycles. The van der Waals surface area contributed by atoms with E-state index in [0.29, 0.717) is 17.5 Å². The maximum atomic E-state index is 11.2. The number of aromatic carboxylic acids is 1. The van der Waals surface area contributed by atoms with Crippen molar-refractivity contribution in [3.8, 4) is 28.6 Å². The third kappa shape index (κ3) is 3.51. The van der Waals surface area contributed by atoms with Crippen LogP contribution in [0.2, 0.25) is 0 Å². The monoisotopic (exact) mass is 408 g/mol. The first kappa shape index (κ1) is 18.6. The van der Waals surface area contributed by atoms with Crippen LogP contribution in [0.15, 0.2) is 73.2 Å². The number of aromatic nitrogens is 6. The lowest BCUT2D eigenvalue weighted by atomic mass is 10.1. The molecule has 8 heteroatoms. The quantitative estimate of drug-likeness (QED) is 0.480. The van der Waals surface area contributed by atoms with Crippen LogP contribution in [0.1, 0.15) is 15.9 Å². The van der Waals surface area contributed by atoms with E-state index in [4.69, 9.17) is 10.1 Å². The summed E-state index contributed by atoms with van der Waals surface area (Å²) < 4.78 is 1.61.